The number of hydrogen-bond acceptors (Lipinski definition) is 5. The molecule has 0 radical (unpaired) electrons. The van der Waals surface area contributed by atoms with Gasteiger partial charge in [-0.1, -0.05) is 0 Å². The average molecular weight is 409 g/mol. The second kappa shape index (κ2) is 9.52. The summed E-state index contributed by atoms with van der Waals surface area (Å²) in [5.74, 6) is 2.77. The number of amides is 1. The maximum atomic E-state index is 10.9. The average Bonchev–Trinajstić information content (AvgIpc) is 3.44. The fourth-order valence-electron chi connectivity index (χ4n) is 3.75. The van der Waals surface area contributed by atoms with Crippen molar-refractivity contribution in [3.63, 3.8) is 0 Å². The molecule has 3 aromatic rings. The highest BCUT2D eigenvalue weighted by Gasteiger charge is 2.17. The molecule has 158 valence electrons. The van der Waals surface area contributed by atoms with Crippen molar-refractivity contribution in [1.82, 2.24) is 14.5 Å². The Bertz CT molecular complexity index is 912. The van der Waals surface area contributed by atoms with E-state index in [0.717, 1.165) is 74.9 Å². The molecule has 0 bridgehead atoms. The van der Waals surface area contributed by atoms with Crippen molar-refractivity contribution in [2.45, 2.75) is 32.4 Å². The standard InChI is InChI=1S/C23H28N4O3/c1-19-2-5-21(29-19)8-9-23(16-26-11-10-24-17-26)30-22-6-3-20(4-7-22)27-14-12-25(18-28)13-15-27/h2-7,10-11,17-18,23H,8-9,12-16H2,1H3. The lowest BCUT2D eigenvalue weighted by molar-refractivity contribution is -0.118. The lowest BCUT2D eigenvalue weighted by Crippen LogP contribution is -2.45. The summed E-state index contributed by atoms with van der Waals surface area (Å²) in [7, 11) is 0. The smallest absolute Gasteiger partial charge is 0.209 e. The van der Waals surface area contributed by atoms with E-state index in [1.54, 1.807) is 6.20 Å². The predicted molar refractivity (Wildman–Crippen MR) is 115 cm³/mol. The maximum Gasteiger partial charge on any atom is 0.209 e. The molecule has 1 amide bonds. The summed E-state index contributed by atoms with van der Waals surface area (Å²) in [4.78, 5) is 19.1. The van der Waals surface area contributed by atoms with Gasteiger partial charge in [-0.2, -0.15) is 0 Å². The van der Waals surface area contributed by atoms with Gasteiger partial charge in [-0.15, -0.1) is 0 Å². The molecule has 4 rings (SSSR count). The summed E-state index contributed by atoms with van der Waals surface area (Å²) in [5, 5.41) is 0. The van der Waals surface area contributed by atoms with Crippen molar-refractivity contribution in [3.8, 4) is 5.75 Å². The third-order valence-electron chi connectivity index (χ3n) is 5.45. The van der Waals surface area contributed by atoms with Crippen molar-refractivity contribution in [1.29, 1.82) is 0 Å². The number of anilines is 1. The van der Waals surface area contributed by atoms with Crippen LogP contribution >= 0.6 is 0 Å². The van der Waals surface area contributed by atoms with Gasteiger partial charge in [0.1, 0.15) is 23.4 Å². The highest BCUT2D eigenvalue weighted by Crippen LogP contribution is 2.23. The molecule has 0 N–H and O–H groups in total. The summed E-state index contributed by atoms with van der Waals surface area (Å²) >= 11 is 0. The molecule has 1 saturated heterocycles. The highest BCUT2D eigenvalue weighted by molar-refractivity contribution is 5.52. The number of nitrogens with zero attached hydrogens (tertiary/aromatic N) is 4. The first kappa shape index (κ1) is 20.1. The molecule has 7 heteroatoms. The van der Waals surface area contributed by atoms with Gasteiger partial charge in [0, 0.05) is 50.7 Å². The van der Waals surface area contributed by atoms with E-state index in [0.29, 0.717) is 0 Å². The minimum absolute atomic E-state index is 0.00610. The number of carbonyl (C=O) groups is 1. The molecule has 1 aliphatic rings. The summed E-state index contributed by atoms with van der Waals surface area (Å²) < 4.78 is 14.1. The van der Waals surface area contributed by atoms with Gasteiger partial charge in [0.25, 0.3) is 0 Å². The number of rotatable bonds is 9. The zero-order valence-electron chi connectivity index (χ0n) is 17.3. The Morgan fingerprint density at radius 1 is 1.13 bits per heavy atom. The number of ether oxygens (including phenoxy) is 1. The van der Waals surface area contributed by atoms with Crippen molar-refractivity contribution < 1.29 is 13.9 Å². The molecule has 1 fully saturated rings. The van der Waals surface area contributed by atoms with Crippen molar-refractivity contribution in [3.05, 3.63) is 66.6 Å². The van der Waals surface area contributed by atoms with E-state index in [1.165, 1.54) is 0 Å². The molecular formula is C23H28N4O3. The van der Waals surface area contributed by atoms with E-state index in [9.17, 15) is 4.79 Å². The molecule has 0 aliphatic carbocycles. The van der Waals surface area contributed by atoms with Gasteiger partial charge in [0.15, 0.2) is 0 Å². The largest absolute Gasteiger partial charge is 0.489 e. The molecule has 1 aromatic carbocycles. The maximum absolute atomic E-state index is 10.9. The topological polar surface area (TPSA) is 63.7 Å². The second-order valence-electron chi connectivity index (χ2n) is 7.67. The molecule has 30 heavy (non-hydrogen) atoms. The van der Waals surface area contributed by atoms with Crippen LogP contribution in [0.5, 0.6) is 5.75 Å². The summed E-state index contributed by atoms with van der Waals surface area (Å²) in [6, 6.07) is 12.3. The van der Waals surface area contributed by atoms with Crippen LogP contribution in [0.15, 0.2) is 59.5 Å². The Labute approximate surface area is 176 Å². The third-order valence-corrected chi connectivity index (χ3v) is 5.45. The quantitative estimate of drug-likeness (QED) is 0.509. The normalized spacial score (nSPS) is 15.2. The number of furan rings is 1. The second-order valence-corrected chi connectivity index (χ2v) is 7.67. The Hall–Kier alpha value is -3.22. The summed E-state index contributed by atoms with van der Waals surface area (Å²) in [6.45, 7) is 5.93. The number of aromatic nitrogens is 2. The Morgan fingerprint density at radius 2 is 1.93 bits per heavy atom. The number of carbonyl (C=O) groups excluding carboxylic acids is 1. The molecule has 7 nitrogen and oxygen atoms in total. The number of piperazine rings is 1. The lowest BCUT2D eigenvalue weighted by atomic mass is 10.1. The minimum atomic E-state index is 0.00610. The molecule has 3 heterocycles. The van der Waals surface area contributed by atoms with Gasteiger partial charge in [0.05, 0.1) is 12.9 Å². The molecule has 1 unspecified atom stereocenters. The summed E-state index contributed by atoms with van der Waals surface area (Å²) in [5.41, 5.74) is 1.16. The Balaban J connectivity index is 1.38. The van der Waals surface area contributed by atoms with Crippen LogP contribution in [0.1, 0.15) is 17.9 Å². The van der Waals surface area contributed by atoms with E-state index in [-0.39, 0.29) is 6.10 Å². The predicted octanol–water partition coefficient (Wildman–Crippen LogP) is 3.14. The SMILES string of the molecule is Cc1ccc(CCC(Cn2ccnc2)Oc2ccc(N3CCN(C=O)CC3)cc2)o1. The highest BCUT2D eigenvalue weighted by atomic mass is 16.5. The number of benzene rings is 1. The number of aryl methyl sites for hydroxylation is 2. The van der Waals surface area contributed by atoms with Gasteiger partial charge in [-0.3, -0.25) is 4.79 Å². The lowest BCUT2D eigenvalue weighted by Gasteiger charge is -2.34. The molecule has 1 atom stereocenters. The van der Waals surface area contributed by atoms with Gasteiger partial charge in [-0.25, -0.2) is 4.98 Å². The molecule has 0 spiro atoms. The van der Waals surface area contributed by atoms with Crippen LogP contribution in [0.25, 0.3) is 0 Å². The fraction of sp³-hybridized carbons (Fsp3) is 0.391. The van der Waals surface area contributed by atoms with E-state index >= 15 is 0 Å². The zero-order valence-corrected chi connectivity index (χ0v) is 17.3. The van der Waals surface area contributed by atoms with Crippen molar-refractivity contribution in [2.24, 2.45) is 0 Å². The van der Waals surface area contributed by atoms with Gasteiger partial charge < -0.3 is 23.5 Å². The number of imidazole rings is 1. The Morgan fingerprint density at radius 3 is 2.57 bits per heavy atom. The van der Waals surface area contributed by atoms with Crippen LogP contribution in [0.4, 0.5) is 5.69 Å². The van der Waals surface area contributed by atoms with Crippen LogP contribution in [-0.4, -0.2) is 53.1 Å². The van der Waals surface area contributed by atoms with E-state index in [1.807, 2.05) is 53.2 Å². The molecule has 2 aromatic heterocycles. The molecular weight excluding hydrogens is 380 g/mol. The first-order chi connectivity index (χ1) is 14.7. The third kappa shape index (κ3) is 5.23. The van der Waals surface area contributed by atoms with Crippen LogP contribution < -0.4 is 9.64 Å². The molecule has 0 saturated carbocycles. The van der Waals surface area contributed by atoms with Crippen LogP contribution in [0.3, 0.4) is 0 Å². The first-order valence-corrected chi connectivity index (χ1v) is 10.4. The van der Waals surface area contributed by atoms with Gasteiger partial charge in [-0.05, 0) is 49.7 Å². The fourth-order valence-corrected chi connectivity index (χ4v) is 3.75. The monoisotopic (exact) mass is 408 g/mol. The molecule has 1 aliphatic heterocycles. The Kier molecular flexibility index (Phi) is 6.37. The number of hydrogen-bond donors (Lipinski definition) is 0. The van der Waals surface area contributed by atoms with E-state index in [4.69, 9.17) is 9.15 Å². The van der Waals surface area contributed by atoms with Crippen LogP contribution in [0.2, 0.25) is 0 Å². The van der Waals surface area contributed by atoms with Crippen LogP contribution in [0, 0.1) is 6.92 Å². The zero-order chi connectivity index (χ0) is 20.8. The van der Waals surface area contributed by atoms with Crippen molar-refractivity contribution >= 4 is 12.1 Å². The van der Waals surface area contributed by atoms with Crippen molar-refractivity contribution in [2.75, 3.05) is 31.1 Å². The first-order valence-electron chi connectivity index (χ1n) is 10.4. The summed E-state index contributed by atoms with van der Waals surface area (Å²) in [6.07, 6.45) is 8.16. The van der Waals surface area contributed by atoms with Crippen LogP contribution in [-0.2, 0) is 17.8 Å². The van der Waals surface area contributed by atoms with E-state index < -0.39 is 0 Å². The minimum Gasteiger partial charge on any atom is -0.489 e. The van der Waals surface area contributed by atoms with Gasteiger partial charge in [0.2, 0.25) is 6.41 Å². The van der Waals surface area contributed by atoms with E-state index in [2.05, 4.69) is 22.0 Å². The van der Waals surface area contributed by atoms with Gasteiger partial charge >= 0.3 is 0 Å².